The molecule has 0 saturated heterocycles. The van der Waals surface area contributed by atoms with E-state index in [1.165, 1.54) is 22.2 Å². The van der Waals surface area contributed by atoms with E-state index in [-0.39, 0.29) is 5.56 Å². The molecule has 4 nitrogen and oxygen atoms in total. The van der Waals surface area contributed by atoms with Gasteiger partial charge < -0.3 is 4.90 Å². The number of aromatic nitrogens is 2. The van der Waals surface area contributed by atoms with Crippen molar-refractivity contribution in [1.82, 2.24) is 4.57 Å². The first-order valence-corrected chi connectivity index (χ1v) is 13.1. The van der Waals surface area contributed by atoms with E-state index in [1.807, 2.05) is 17.6 Å². The van der Waals surface area contributed by atoms with Crippen LogP contribution in [-0.2, 0) is 13.1 Å². The number of allylic oxidation sites excluding steroid dienone is 2. The van der Waals surface area contributed by atoms with Gasteiger partial charge >= 0.3 is 0 Å². The van der Waals surface area contributed by atoms with Crippen LogP contribution in [0, 0.1) is 0 Å². The lowest BCUT2D eigenvalue weighted by Gasteiger charge is -2.29. The zero-order valence-corrected chi connectivity index (χ0v) is 21.3. The van der Waals surface area contributed by atoms with Crippen LogP contribution < -0.4 is 24.2 Å². The molecule has 0 aliphatic carbocycles. The van der Waals surface area contributed by atoms with Crippen molar-refractivity contribution in [1.29, 1.82) is 0 Å². The minimum absolute atomic E-state index is 0.0627. The summed E-state index contributed by atoms with van der Waals surface area (Å²) in [5.41, 5.74) is 5.89. The molecule has 0 unspecified atom stereocenters. The third-order valence-electron chi connectivity index (χ3n) is 6.53. The van der Waals surface area contributed by atoms with Crippen molar-refractivity contribution in [3.63, 3.8) is 0 Å². The highest BCUT2D eigenvalue weighted by Crippen LogP contribution is 2.30. The van der Waals surface area contributed by atoms with Gasteiger partial charge in [0.1, 0.15) is 6.54 Å². The summed E-state index contributed by atoms with van der Waals surface area (Å²) >= 11 is 1.55. The number of nitrogens with zero attached hydrogens (tertiary/aromatic N) is 3. The van der Waals surface area contributed by atoms with Crippen LogP contribution in [0.4, 0.5) is 5.69 Å². The second kappa shape index (κ2) is 9.88. The Labute approximate surface area is 209 Å². The molecule has 0 radical (unpaired) electrons. The van der Waals surface area contributed by atoms with E-state index in [0.29, 0.717) is 6.54 Å². The van der Waals surface area contributed by atoms with Crippen molar-refractivity contribution in [3.05, 3.63) is 109 Å². The third-order valence-corrected chi connectivity index (χ3v) is 7.60. The van der Waals surface area contributed by atoms with Gasteiger partial charge in [-0.05, 0) is 68.3 Å². The predicted octanol–water partition coefficient (Wildman–Crippen LogP) is 4.44. The molecule has 0 saturated carbocycles. The first kappa shape index (κ1) is 23.1. The van der Waals surface area contributed by atoms with Gasteiger partial charge in [-0.1, -0.05) is 36.4 Å². The highest BCUT2D eigenvalue weighted by atomic mass is 32.1. The van der Waals surface area contributed by atoms with Gasteiger partial charge in [0, 0.05) is 36.6 Å². The highest BCUT2D eigenvalue weighted by Gasteiger charge is 2.15. The van der Waals surface area contributed by atoms with Crippen LogP contribution in [0.3, 0.4) is 0 Å². The molecule has 0 amide bonds. The van der Waals surface area contributed by atoms with Crippen molar-refractivity contribution in [3.8, 4) is 0 Å². The smallest absolute Gasteiger partial charge is 0.269 e. The largest absolute Gasteiger partial charge is 0.341 e. The second-order valence-electron chi connectivity index (χ2n) is 8.47. The Morgan fingerprint density at radius 1 is 0.914 bits per heavy atom. The van der Waals surface area contributed by atoms with E-state index < -0.39 is 0 Å². The van der Waals surface area contributed by atoms with Gasteiger partial charge in [-0.2, -0.15) is 4.57 Å². The zero-order valence-electron chi connectivity index (χ0n) is 20.4. The molecule has 1 aliphatic rings. The number of rotatable bonds is 5. The van der Waals surface area contributed by atoms with Gasteiger partial charge in [0.05, 0.1) is 14.6 Å². The lowest BCUT2D eigenvalue weighted by Crippen LogP contribution is -2.33. The van der Waals surface area contributed by atoms with Gasteiger partial charge in [-0.3, -0.25) is 9.36 Å². The summed E-state index contributed by atoms with van der Waals surface area (Å²) in [5, 5.41) is 1.19. The Morgan fingerprint density at radius 2 is 1.71 bits per heavy atom. The van der Waals surface area contributed by atoms with E-state index in [4.69, 9.17) is 0 Å². The van der Waals surface area contributed by atoms with E-state index in [9.17, 15) is 4.79 Å². The summed E-state index contributed by atoms with van der Waals surface area (Å²) in [7, 11) is 0. The molecule has 3 heterocycles. The van der Waals surface area contributed by atoms with Crippen LogP contribution in [0.5, 0.6) is 0 Å². The standard InChI is InChI=1S/C30H30N3OS/c1-4-31-20-19-23(25-12-8-10-14-27(25)31)21-29-33(6-3)30(34)28(35-29)18-17-24-16-15-22-11-7-9-13-26(22)32(24)5-2/h7-21H,4-6H2,1-3H3/q+1/b24-17+,28-18-. The van der Waals surface area contributed by atoms with Gasteiger partial charge in [0.2, 0.25) is 5.52 Å². The molecule has 5 rings (SSSR count). The fourth-order valence-electron chi connectivity index (χ4n) is 4.74. The molecular formula is C30H30N3OS+. The molecule has 176 valence electrons. The lowest BCUT2D eigenvalue weighted by molar-refractivity contribution is -0.667. The van der Waals surface area contributed by atoms with Crippen molar-refractivity contribution < 1.29 is 4.57 Å². The Morgan fingerprint density at radius 3 is 2.51 bits per heavy atom. The molecule has 0 fully saturated rings. The number of aryl methyl sites for hydroxylation is 1. The van der Waals surface area contributed by atoms with E-state index in [1.54, 1.807) is 11.3 Å². The normalized spacial score (nSPS) is 15.4. The Bertz CT molecular complexity index is 1640. The summed E-state index contributed by atoms with van der Waals surface area (Å²) in [5.74, 6) is 0. The van der Waals surface area contributed by atoms with Gasteiger partial charge in [0.15, 0.2) is 6.20 Å². The average Bonchev–Trinajstić information content (AvgIpc) is 3.20. The summed E-state index contributed by atoms with van der Waals surface area (Å²) in [6.45, 7) is 8.75. The molecule has 2 aromatic carbocycles. The Kier molecular flexibility index (Phi) is 6.51. The molecule has 1 aliphatic heterocycles. The molecule has 5 heteroatoms. The van der Waals surface area contributed by atoms with Crippen molar-refractivity contribution in [2.75, 3.05) is 11.4 Å². The molecule has 0 atom stereocenters. The topological polar surface area (TPSA) is 29.1 Å². The lowest BCUT2D eigenvalue weighted by atomic mass is 10.1. The average molecular weight is 481 g/mol. The number of likely N-dealkylation sites (N-methyl/N-ethyl adjacent to an activating group) is 1. The number of fused-ring (bicyclic) bond motifs is 2. The van der Waals surface area contributed by atoms with Crippen LogP contribution in [0.2, 0.25) is 0 Å². The minimum atomic E-state index is 0.0627. The predicted molar refractivity (Wildman–Crippen MR) is 148 cm³/mol. The number of pyridine rings is 1. The Balaban J connectivity index is 1.62. The van der Waals surface area contributed by atoms with E-state index >= 15 is 0 Å². The quantitative estimate of drug-likeness (QED) is 0.395. The zero-order chi connectivity index (χ0) is 24.4. The molecule has 0 bridgehead atoms. The summed E-state index contributed by atoms with van der Waals surface area (Å²) in [6, 6.07) is 19.0. The van der Waals surface area contributed by atoms with Crippen LogP contribution in [-0.4, -0.2) is 11.1 Å². The molecule has 0 spiro atoms. The van der Waals surface area contributed by atoms with Crippen molar-refractivity contribution in [2.45, 2.75) is 33.9 Å². The monoisotopic (exact) mass is 480 g/mol. The maximum absolute atomic E-state index is 13.3. The molecule has 4 aromatic rings. The number of thiazole rings is 1. The number of para-hydroxylation sites is 2. The number of benzene rings is 2. The summed E-state index contributed by atoms with van der Waals surface area (Å²) in [6.07, 6.45) is 12.6. The van der Waals surface area contributed by atoms with Crippen LogP contribution in [0.15, 0.2) is 83.4 Å². The van der Waals surface area contributed by atoms with Crippen LogP contribution in [0.1, 0.15) is 31.9 Å². The maximum Gasteiger partial charge on any atom is 0.269 e. The SMILES string of the molecule is CCN1/C(=C/C=c2\s/c(=C\c3cc[n+](CC)c4ccccc34)n(CC)c2=O)C=Cc2ccccc21. The van der Waals surface area contributed by atoms with E-state index in [2.05, 4.69) is 108 Å². The fourth-order valence-corrected chi connectivity index (χ4v) is 5.80. The van der Waals surface area contributed by atoms with Crippen LogP contribution in [0.25, 0.3) is 29.1 Å². The second-order valence-corrected chi connectivity index (χ2v) is 9.53. The Hall–Kier alpha value is -3.70. The van der Waals surface area contributed by atoms with Crippen molar-refractivity contribution >= 4 is 46.2 Å². The fraction of sp³-hybridized carbons (Fsp3) is 0.200. The van der Waals surface area contributed by atoms with Crippen molar-refractivity contribution in [2.24, 2.45) is 0 Å². The first-order chi connectivity index (χ1) is 17.1. The molecule has 2 aromatic heterocycles. The van der Waals surface area contributed by atoms with E-state index in [0.717, 1.165) is 33.5 Å². The highest BCUT2D eigenvalue weighted by molar-refractivity contribution is 7.07. The van der Waals surface area contributed by atoms with Gasteiger partial charge in [0.25, 0.3) is 5.56 Å². The first-order valence-electron chi connectivity index (χ1n) is 12.2. The third kappa shape index (κ3) is 4.28. The minimum Gasteiger partial charge on any atom is -0.341 e. The number of hydrogen-bond acceptors (Lipinski definition) is 3. The summed E-state index contributed by atoms with van der Waals surface area (Å²) < 4.78 is 5.83. The summed E-state index contributed by atoms with van der Waals surface area (Å²) in [4.78, 5) is 15.5. The molecule has 0 N–H and O–H groups in total. The van der Waals surface area contributed by atoms with Crippen LogP contribution >= 0.6 is 11.3 Å². The number of hydrogen-bond donors (Lipinski definition) is 0. The van der Waals surface area contributed by atoms with Gasteiger partial charge in [-0.15, -0.1) is 11.3 Å². The number of anilines is 1. The molecular weight excluding hydrogens is 450 g/mol. The molecule has 35 heavy (non-hydrogen) atoms. The van der Waals surface area contributed by atoms with Gasteiger partial charge in [-0.25, -0.2) is 0 Å². The maximum atomic E-state index is 13.3.